The van der Waals surface area contributed by atoms with Crippen LogP contribution in [0.25, 0.3) is 5.70 Å². The van der Waals surface area contributed by atoms with Gasteiger partial charge in [-0.3, -0.25) is 0 Å². The third-order valence-corrected chi connectivity index (χ3v) is 7.43. The van der Waals surface area contributed by atoms with E-state index in [1.54, 1.807) is 5.56 Å². The molecule has 2 saturated carbocycles. The summed E-state index contributed by atoms with van der Waals surface area (Å²) in [6, 6.07) is 10.2. The van der Waals surface area contributed by atoms with E-state index in [2.05, 4.69) is 68.7 Å². The molecule has 1 saturated heterocycles. The standard InChI is InChI=1S/C23H27N/c1-15-9-10-20-21(16(15)2)24(20)17(3)18-7-5-6-8-19(18)23(13-14-23)22(4)11-12-22/h5-10,20-21H,3,11-14H2,1-2,4H3. The normalized spacial score (nSPS) is 30.9. The number of benzene rings is 1. The molecule has 24 heavy (non-hydrogen) atoms. The van der Waals surface area contributed by atoms with Crippen LogP contribution in [0.4, 0.5) is 0 Å². The highest BCUT2D eigenvalue weighted by molar-refractivity contribution is 5.72. The second-order valence-electron chi connectivity index (χ2n) is 8.70. The zero-order valence-electron chi connectivity index (χ0n) is 15.1. The number of rotatable bonds is 4. The Labute approximate surface area is 145 Å². The van der Waals surface area contributed by atoms with Crippen LogP contribution >= 0.6 is 0 Å². The summed E-state index contributed by atoms with van der Waals surface area (Å²) in [7, 11) is 0. The topological polar surface area (TPSA) is 3.01 Å². The number of fused-ring (bicyclic) bond motifs is 1. The lowest BCUT2D eigenvalue weighted by molar-refractivity contribution is 0.417. The summed E-state index contributed by atoms with van der Waals surface area (Å²) in [5.41, 5.74) is 8.11. The molecule has 0 N–H and O–H groups in total. The van der Waals surface area contributed by atoms with Crippen LogP contribution in [-0.2, 0) is 5.41 Å². The molecule has 3 aliphatic carbocycles. The molecular formula is C23H27N. The van der Waals surface area contributed by atoms with E-state index < -0.39 is 0 Å². The Balaban J connectivity index is 1.51. The van der Waals surface area contributed by atoms with Crippen LogP contribution in [0.3, 0.4) is 0 Å². The Bertz CT molecular complexity index is 801. The number of hydrogen-bond donors (Lipinski definition) is 0. The first-order valence-corrected chi connectivity index (χ1v) is 9.41. The molecule has 1 aromatic rings. The molecule has 1 heteroatoms. The molecule has 0 aromatic heterocycles. The van der Waals surface area contributed by atoms with E-state index in [0.717, 1.165) is 0 Å². The second-order valence-corrected chi connectivity index (χ2v) is 8.70. The van der Waals surface area contributed by atoms with Gasteiger partial charge in [-0.05, 0) is 56.1 Å². The lowest BCUT2D eigenvalue weighted by Gasteiger charge is -2.27. The molecule has 0 radical (unpaired) electrons. The lowest BCUT2D eigenvalue weighted by atomic mass is 9.78. The van der Waals surface area contributed by atoms with Gasteiger partial charge in [-0.2, -0.15) is 0 Å². The summed E-state index contributed by atoms with van der Waals surface area (Å²) >= 11 is 0. The van der Waals surface area contributed by atoms with Crippen LogP contribution < -0.4 is 0 Å². The summed E-state index contributed by atoms with van der Waals surface area (Å²) in [5.74, 6) is 0. The number of hydrogen-bond acceptors (Lipinski definition) is 1. The van der Waals surface area contributed by atoms with Gasteiger partial charge >= 0.3 is 0 Å². The van der Waals surface area contributed by atoms with Crippen molar-refractivity contribution in [2.24, 2.45) is 5.41 Å². The van der Waals surface area contributed by atoms with Crippen LogP contribution in [0.2, 0.25) is 0 Å². The summed E-state index contributed by atoms with van der Waals surface area (Å²) in [6.45, 7) is 11.5. The van der Waals surface area contributed by atoms with Crippen molar-refractivity contribution in [3.63, 3.8) is 0 Å². The van der Waals surface area contributed by atoms with Crippen LogP contribution in [0.15, 0.2) is 54.1 Å². The summed E-state index contributed by atoms with van der Waals surface area (Å²) in [5, 5.41) is 0. The van der Waals surface area contributed by atoms with Gasteiger partial charge in [-0.25, -0.2) is 0 Å². The summed E-state index contributed by atoms with van der Waals surface area (Å²) < 4.78 is 0. The summed E-state index contributed by atoms with van der Waals surface area (Å²) in [6.07, 6.45) is 10.1. The van der Waals surface area contributed by atoms with Gasteiger partial charge in [0.05, 0.1) is 12.1 Å². The maximum Gasteiger partial charge on any atom is 0.0752 e. The first-order valence-electron chi connectivity index (χ1n) is 9.41. The zero-order valence-corrected chi connectivity index (χ0v) is 15.1. The van der Waals surface area contributed by atoms with Crippen LogP contribution in [0.5, 0.6) is 0 Å². The maximum absolute atomic E-state index is 4.54. The average Bonchev–Trinajstić information content (AvgIpc) is 3.44. The highest BCUT2D eigenvalue weighted by Crippen LogP contribution is 2.71. The van der Waals surface area contributed by atoms with Gasteiger partial charge in [0.25, 0.3) is 0 Å². The van der Waals surface area contributed by atoms with Gasteiger partial charge in [-0.15, -0.1) is 0 Å². The molecule has 2 atom stereocenters. The Morgan fingerprint density at radius 1 is 1.12 bits per heavy atom. The minimum Gasteiger partial charge on any atom is -0.353 e. The fourth-order valence-electron chi connectivity index (χ4n) is 5.15. The number of allylic oxidation sites excluding steroid dienone is 2. The molecule has 1 heterocycles. The molecule has 3 fully saturated rings. The van der Waals surface area contributed by atoms with Crippen molar-refractivity contribution in [3.8, 4) is 0 Å². The van der Waals surface area contributed by atoms with Gasteiger partial charge in [-0.1, -0.05) is 55.5 Å². The molecule has 1 aromatic carbocycles. The second kappa shape index (κ2) is 4.45. The highest BCUT2D eigenvalue weighted by atomic mass is 15.4. The van der Waals surface area contributed by atoms with Gasteiger partial charge in [0.15, 0.2) is 0 Å². The lowest BCUT2D eigenvalue weighted by Crippen LogP contribution is -2.21. The van der Waals surface area contributed by atoms with Crippen molar-refractivity contribution in [3.05, 3.63) is 65.3 Å². The predicted molar refractivity (Wildman–Crippen MR) is 101 cm³/mol. The number of nitrogens with zero attached hydrogens (tertiary/aromatic N) is 1. The van der Waals surface area contributed by atoms with Gasteiger partial charge in [0.1, 0.15) is 0 Å². The Kier molecular flexibility index (Phi) is 2.70. The van der Waals surface area contributed by atoms with Gasteiger partial charge in [0, 0.05) is 16.7 Å². The minimum absolute atomic E-state index is 0.435. The molecule has 2 unspecified atom stereocenters. The predicted octanol–water partition coefficient (Wildman–Crippen LogP) is 5.45. The first kappa shape index (κ1) is 14.6. The Morgan fingerprint density at radius 3 is 2.50 bits per heavy atom. The van der Waals surface area contributed by atoms with E-state index in [4.69, 9.17) is 0 Å². The Hall–Kier alpha value is -1.76. The smallest absolute Gasteiger partial charge is 0.0752 e. The van der Waals surface area contributed by atoms with Crippen molar-refractivity contribution in [2.75, 3.05) is 0 Å². The van der Waals surface area contributed by atoms with E-state index in [-0.39, 0.29) is 0 Å². The Morgan fingerprint density at radius 2 is 1.83 bits per heavy atom. The summed E-state index contributed by atoms with van der Waals surface area (Å²) in [4.78, 5) is 2.52. The van der Waals surface area contributed by atoms with Crippen LogP contribution in [0.1, 0.15) is 57.6 Å². The van der Waals surface area contributed by atoms with Crippen LogP contribution in [-0.4, -0.2) is 17.0 Å². The van der Waals surface area contributed by atoms with Crippen LogP contribution in [0, 0.1) is 5.41 Å². The van der Waals surface area contributed by atoms with E-state index in [1.165, 1.54) is 48.1 Å². The van der Waals surface area contributed by atoms with Gasteiger partial charge in [0.2, 0.25) is 0 Å². The zero-order chi connectivity index (χ0) is 16.7. The van der Waals surface area contributed by atoms with Crippen molar-refractivity contribution in [1.82, 2.24) is 4.90 Å². The highest BCUT2D eigenvalue weighted by Gasteiger charge is 2.64. The molecule has 5 rings (SSSR count). The quantitative estimate of drug-likeness (QED) is 0.667. The molecule has 124 valence electrons. The van der Waals surface area contributed by atoms with E-state index in [9.17, 15) is 0 Å². The van der Waals surface area contributed by atoms with Crippen molar-refractivity contribution in [1.29, 1.82) is 0 Å². The monoisotopic (exact) mass is 317 g/mol. The third-order valence-electron chi connectivity index (χ3n) is 7.43. The van der Waals surface area contributed by atoms with Crippen molar-refractivity contribution in [2.45, 2.75) is 64.0 Å². The molecular weight excluding hydrogens is 290 g/mol. The van der Waals surface area contributed by atoms with Crippen molar-refractivity contribution < 1.29 is 0 Å². The molecule has 0 bridgehead atoms. The van der Waals surface area contributed by atoms with E-state index in [0.29, 0.717) is 22.9 Å². The SMILES string of the molecule is C=C(c1ccccc1C1(C2(C)CC2)CC1)N1C2C=CC(C)=C(C)C21. The average molecular weight is 317 g/mol. The van der Waals surface area contributed by atoms with E-state index >= 15 is 0 Å². The molecule has 0 amide bonds. The molecule has 1 nitrogen and oxygen atoms in total. The fraction of sp³-hybridized carbons (Fsp3) is 0.478. The molecule has 0 spiro atoms. The largest absolute Gasteiger partial charge is 0.353 e. The fourth-order valence-corrected chi connectivity index (χ4v) is 5.15. The van der Waals surface area contributed by atoms with E-state index in [1.807, 2.05) is 0 Å². The first-order chi connectivity index (χ1) is 11.5. The van der Waals surface area contributed by atoms with Crippen molar-refractivity contribution >= 4 is 5.70 Å². The third kappa shape index (κ3) is 1.76. The maximum atomic E-state index is 4.54. The molecule has 1 aliphatic heterocycles. The van der Waals surface area contributed by atoms with Gasteiger partial charge < -0.3 is 4.90 Å². The minimum atomic E-state index is 0.435. The molecule has 4 aliphatic rings.